The lowest BCUT2D eigenvalue weighted by atomic mass is 10.0. The number of carbonyl (C=O) groups is 1. The van der Waals surface area contributed by atoms with Crippen molar-refractivity contribution in [1.82, 2.24) is 29.7 Å². The van der Waals surface area contributed by atoms with Gasteiger partial charge in [-0.2, -0.15) is 10.2 Å². The number of carbonyl (C=O) groups excluding carboxylic acids is 1. The van der Waals surface area contributed by atoms with Crippen LogP contribution in [0.15, 0.2) is 30.9 Å². The van der Waals surface area contributed by atoms with Crippen molar-refractivity contribution in [2.24, 2.45) is 0 Å². The number of aryl methyl sites for hydroxylation is 1. The van der Waals surface area contributed by atoms with Crippen LogP contribution in [0.4, 0.5) is 0 Å². The number of nitrogens with one attached hydrogen (secondary N) is 1. The third-order valence-corrected chi connectivity index (χ3v) is 4.26. The minimum absolute atomic E-state index is 0.00614. The highest BCUT2D eigenvalue weighted by Gasteiger charge is 2.31. The molecule has 7 heteroatoms. The smallest absolute Gasteiger partial charge is 0.259 e. The van der Waals surface area contributed by atoms with E-state index < -0.39 is 0 Å². The van der Waals surface area contributed by atoms with Gasteiger partial charge in [0.05, 0.1) is 12.4 Å². The third-order valence-electron chi connectivity index (χ3n) is 4.26. The quantitative estimate of drug-likeness (QED) is 0.775. The van der Waals surface area contributed by atoms with Crippen molar-refractivity contribution in [2.45, 2.75) is 19.3 Å². The number of rotatable bonds is 2. The summed E-state index contributed by atoms with van der Waals surface area (Å²) in [4.78, 5) is 18.9. The summed E-state index contributed by atoms with van der Waals surface area (Å²) < 4.78 is 1.62. The Morgan fingerprint density at radius 2 is 2.32 bits per heavy atom. The molecule has 0 saturated carbocycles. The number of aromatic amines is 1. The summed E-state index contributed by atoms with van der Waals surface area (Å²) in [6.45, 7) is 3.48. The monoisotopic (exact) mass is 296 g/mol. The van der Waals surface area contributed by atoms with Gasteiger partial charge < -0.3 is 4.90 Å². The fraction of sp³-hybridized carbons (Fsp3) is 0.333. The van der Waals surface area contributed by atoms with Crippen LogP contribution >= 0.6 is 0 Å². The van der Waals surface area contributed by atoms with Gasteiger partial charge in [0.15, 0.2) is 5.65 Å². The summed E-state index contributed by atoms with van der Waals surface area (Å²) in [5, 5.41) is 11.3. The van der Waals surface area contributed by atoms with Gasteiger partial charge in [0.1, 0.15) is 5.56 Å². The second kappa shape index (κ2) is 4.94. The molecule has 7 nitrogen and oxygen atoms in total. The maximum atomic E-state index is 12.7. The van der Waals surface area contributed by atoms with Crippen molar-refractivity contribution in [3.63, 3.8) is 0 Å². The number of hydrogen-bond acceptors (Lipinski definition) is 4. The first-order valence-electron chi connectivity index (χ1n) is 7.31. The zero-order valence-electron chi connectivity index (χ0n) is 12.2. The summed E-state index contributed by atoms with van der Waals surface area (Å²) in [7, 11) is 0. The Balaban J connectivity index is 1.58. The van der Waals surface area contributed by atoms with Gasteiger partial charge in [-0.1, -0.05) is 0 Å². The largest absolute Gasteiger partial charge is 0.338 e. The molecule has 1 amide bonds. The zero-order chi connectivity index (χ0) is 15.1. The topological polar surface area (TPSA) is 79.2 Å². The fourth-order valence-corrected chi connectivity index (χ4v) is 3.10. The molecule has 0 aliphatic carbocycles. The van der Waals surface area contributed by atoms with Crippen molar-refractivity contribution < 1.29 is 4.79 Å². The Bertz CT molecular complexity index is 835. The molecule has 1 aliphatic rings. The molecule has 0 aromatic carbocycles. The first-order valence-corrected chi connectivity index (χ1v) is 7.31. The maximum absolute atomic E-state index is 12.7. The van der Waals surface area contributed by atoms with E-state index in [1.165, 1.54) is 0 Å². The highest BCUT2D eigenvalue weighted by Crippen LogP contribution is 2.28. The first kappa shape index (κ1) is 13.0. The minimum atomic E-state index is -0.00614. The first-order chi connectivity index (χ1) is 10.7. The molecule has 4 rings (SSSR count). The predicted octanol–water partition coefficient (Wildman–Crippen LogP) is 1.39. The van der Waals surface area contributed by atoms with Crippen LogP contribution in [0.3, 0.4) is 0 Å². The molecule has 1 unspecified atom stereocenters. The van der Waals surface area contributed by atoms with E-state index in [0.717, 1.165) is 24.2 Å². The van der Waals surface area contributed by atoms with Crippen LogP contribution in [0, 0.1) is 6.92 Å². The number of aromatic nitrogens is 5. The average molecular weight is 296 g/mol. The highest BCUT2D eigenvalue weighted by molar-refractivity contribution is 5.99. The normalized spacial score (nSPS) is 18.2. The molecule has 3 aromatic heterocycles. The van der Waals surface area contributed by atoms with E-state index in [9.17, 15) is 4.79 Å². The number of fused-ring (bicyclic) bond motifs is 1. The van der Waals surface area contributed by atoms with Gasteiger partial charge in [0, 0.05) is 37.1 Å². The molecule has 4 heterocycles. The van der Waals surface area contributed by atoms with Crippen LogP contribution in [-0.2, 0) is 0 Å². The lowest BCUT2D eigenvalue weighted by molar-refractivity contribution is 0.0792. The molecule has 3 aromatic rings. The third kappa shape index (κ3) is 1.97. The van der Waals surface area contributed by atoms with Crippen LogP contribution < -0.4 is 0 Å². The highest BCUT2D eigenvalue weighted by atomic mass is 16.2. The average Bonchev–Trinajstić information content (AvgIpc) is 3.25. The lowest BCUT2D eigenvalue weighted by Crippen LogP contribution is -2.28. The van der Waals surface area contributed by atoms with Crippen molar-refractivity contribution in [1.29, 1.82) is 0 Å². The zero-order valence-corrected chi connectivity index (χ0v) is 12.2. The lowest BCUT2D eigenvalue weighted by Gasteiger charge is -2.15. The van der Waals surface area contributed by atoms with Crippen LogP contribution in [0.5, 0.6) is 0 Å². The molecule has 1 saturated heterocycles. The predicted molar refractivity (Wildman–Crippen MR) is 79.6 cm³/mol. The number of amides is 1. The molecule has 0 radical (unpaired) electrons. The van der Waals surface area contributed by atoms with Crippen LogP contribution in [-0.4, -0.2) is 48.7 Å². The van der Waals surface area contributed by atoms with Gasteiger partial charge in [0.25, 0.3) is 5.91 Å². The Hall–Kier alpha value is -2.70. The van der Waals surface area contributed by atoms with Gasteiger partial charge in [0.2, 0.25) is 0 Å². The van der Waals surface area contributed by atoms with E-state index in [4.69, 9.17) is 0 Å². The number of H-pyrrole nitrogens is 1. The molecule has 1 aliphatic heterocycles. The van der Waals surface area contributed by atoms with Crippen LogP contribution in [0.2, 0.25) is 0 Å². The summed E-state index contributed by atoms with van der Waals surface area (Å²) >= 11 is 0. The van der Waals surface area contributed by atoms with Gasteiger partial charge in [-0.3, -0.25) is 9.89 Å². The summed E-state index contributed by atoms with van der Waals surface area (Å²) in [6.07, 6.45) is 7.84. The number of nitrogens with zero attached hydrogens (tertiary/aromatic N) is 5. The summed E-state index contributed by atoms with van der Waals surface area (Å²) in [5.41, 5.74) is 3.45. The van der Waals surface area contributed by atoms with E-state index in [1.807, 2.05) is 18.0 Å². The van der Waals surface area contributed by atoms with Crippen molar-refractivity contribution in [3.05, 3.63) is 47.7 Å². The molecule has 1 fully saturated rings. The second-order valence-corrected chi connectivity index (χ2v) is 5.65. The number of hydrogen-bond donors (Lipinski definition) is 1. The molecule has 1 N–H and O–H groups in total. The van der Waals surface area contributed by atoms with Crippen molar-refractivity contribution in [3.8, 4) is 0 Å². The van der Waals surface area contributed by atoms with Gasteiger partial charge in [-0.15, -0.1) is 0 Å². The standard InChI is InChI=1S/C15H16N6O/c1-10-7-17-19-13(10)11-3-6-20(9-11)15(22)12-8-18-21-5-2-4-16-14(12)21/h2,4-5,7-8,11H,3,6,9H2,1H3,(H,17,19). The second-order valence-electron chi connectivity index (χ2n) is 5.65. The molecule has 112 valence electrons. The Kier molecular flexibility index (Phi) is 2.92. The van der Waals surface area contributed by atoms with E-state index in [2.05, 4.69) is 20.3 Å². The van der Waals surface area contributed by atoms with E-state index >= 15 is 0 Å². The molecule has 1 atom stereocenters. The van der Waals surface area contributed by atoms with E-state index in [0.29, 0.717) is 23.7 Å². The van der Waals surface area contributed by atoms with Crippen LogP contribution in [0.1, 0.15) is 34.0 Å². The fourth-order valence-electron chi connectivity index (χ4n) is 3.10. The van der Waals surface area contributed by atoms with Crippen molar-refractivity contribution in [2.75, 3.05) is 13.1 Å². The Morgan fingerprint density at radius 1 is 1.41 bits per heavy atom. The van der Waals surface area contributed by atoms with E-state index in [1.54, 1.807) is 29.2 Å². The summed E-state index contributed by atoms with van der Waals surface area (Å²) in [6, 6.07) is 1.79. The van der Waals surface area contributed by atoms with Gasteiger partial charge in [-0.25, -0.2) is 9.50 Å². The van der Waals surface area contributed by atoms with Crippen LogP contribution in [0.25, 0.3) is 5.65 Å². The molecular formula is C15H16N6O. The Labute approximate surface area is 127 Å². The minimum Gasteiger partial charge on any atom is -0.338 e. The molecular weight excluding hydrogens is 280 g/mol. The molecule has 0 bridgehead atoms. The molecule has 0 spiro atoms. The van der Waals surface area contributed by atoms with E-state index in [-0.39, 0.29) is 5.91 Å². The maximum Gasteiger partial charge on any atom is 0.259 e. The summed E-state index contributed by atoms with van der Waals surface area (Å²) in [5.74, 6) is 0.314. The van der Waals surface area contributed by atoms with Gasteiger partial charge >= 0.3 is 0 Å². The number of likely N-dealkylation sites (tertiary alicyclic amines) is 1. The Morgan fingerprint density at radius 3 is 3.14 bits per heavy atom. The van der Waals surface area contributed by atoms with Gasteiger partial charge in [-0.05, 0) is 25.0 Å². The van der Waals surface area contributed by atoms with Crippen molar-refractivity contribution >= 4 is 11.6 Å². The SMILES string of the molecule is Cc1cn[nH]c1C1CCN(C(=O)c2cnn3cccnc23)C1. The molecule has 22 heavy (non-hydrogen) atoms.